The second-order valence-electron chi connectivity index (χ2n) is 5.98. The maximum Gasteiger partial charge on any atom is 0.224 e. The van der Waals surface area contributed by atoms with Crippen LogP contribution in [0.4, 0.5) is 11.5 Å². The fourth-order valence-electron chi connectivity index (χ4n) is 2.67. The molecule has 0 atom stereocenters. The summed E-state index contributed by atoms with van der Waals surface area (Å²) in [6.07, 6.45) is 1.89. The third-order valence-electron chi connectivity index (χ3n) is 4.11. The van der Waals surface area contributed by atoms with Gasteiger partial charge in [-0.25, -0.2) is 4.98 Å². The lowest BCUT2D eigenvalue weighted by molar-refractivity contribution is -0.116. The SMILES string of the molecule is O=C(CCC(=O)c1ccc(Cl)cc1)Nc1ccc(N2CCOCC2)nc1. The minimum Gasteiger partial charge on any atom is -0.378 e. The number of morpholine rings is 1. The van der Waals surface area contributed by atoms with Crippen molar-refractivity contribution >= 4 is 34.8 Å². The largest absolute Gasteiger partial charge is 0.378 e. The molecule has 1 N–H and O–H groups in total. The van der Waals surface area contributed by atoms with Crippen molar-refractivity contribution in [3.8, 4) is 0 Å². The third kappa shape index (κ3) is 5.03. The number of nitrogens with one attached hydrogen (secondary N) is 1. The lowest BCUT2D eigenvalue weighted by Gasteiger charge is -2.27. The Morgan fingerprint density at radius 3 is 2.46 bits per heavy atom. The topological polar surface area (TPSA) is 71.5 Å². The Labute approximate surface area is 157 Å². The number of ketones is 1. The first-order valence-electron chi connectivity index (χ1n) is 8.49. The molecule has 1 amide bonds. The molecule has 136 valence electrons. The Hall–Kier alpha value is -2.44. The molecule has 0 aliphatic carbocycles. The van der Waals surface area contributed by atoms with E-state index in [2.05, 4.69) is 15.2 Å². The zero-order chi connectivity index (χ0) is 18.4. The van der Waals surface area contributed by atoms with E-state index in [-0.39, 0.29) is 24.5 Å². The van der Waals surface area contributed by atoms with Gasteiger partial charge in [-0.1, -0.05) is 11.6 Å². The highest BCUT2D eigenvalue weighted by molar-refractivity contribution is 6.30. The Morgan fingerprint density at radius 1 is 1.08 bits per heavy atom. The monoisotopic (exact) mass is 373 g/mol. The summed E-state index contributed by atoms with van der Waals surface area (Å²) in [6, 6.07) is 10.3. The van der Waals surface area contributed by atoms with Crippen LogP contribution in [0.15, 0.2) is 42.6 Å². The number of benzene rings is 1. The van der Waals surface area contributed by atoms with Gasteiger partial charge in [0.2, 0.25) is 5.91 Å². The van der Waals surface area contributed by atoms with Crippen molar-refractivity contribution in [1.29, 1.82) is 0 Å². The molecule has 3 rings (SSSR count). The van der Waals surface area contributed by atoms with Crippen LogP contribution in [0.25, 0.3) is 0 Å². The number of anilines is 2. The van der Waals surface area contributed by atoms with Gasteiger partial charge >= 0.3 is 0 Å². The summed E-state index contributed by atoms with van der Waals surface area (Å²) in [5.74, 6) is 0.565. The number of halogens is 1. The summed E-state index contributed by atoms with van der Waals surface area (Å²) in [5.41, 5.74) is 1.17. The van der Waals surface area contributed by atoms with Crippen molar-refractivity contribution in [1.82, 2.24) is 4.98 Å². The predicted octanol–water partition coefficient (Wildman–Crippen LogP) is 3.17. The number of rotatable bonds is 6. The molecular formula is C19H20ClN3O3. The summed E-state index contributed by atoms with van der Waals surface area (Å²) < 4.78 is 5.32. The minimum atomic E-state index is -0.215. The molecule has 6 nitrogen and oxygen atoms in total. The number of carbonyl (C=O) groups excluding carboxylic acids is 2. The van der Waals surface area contributed by atoms with Gasteiger partial charge in [0.05, 0.1) is 25.1 Å². The summed E-state index contributed by atoms with van der Waals surface area (Å²) in [7, 11) is 0. The van der Waals surface area contributed by atoms with Gasteiger partial charge in [0.15, 0.2) is 5.78 Å². The molecule has 26 heavy (non-hydrogen) atoms. The molecule has 1 aromatic heterocycles. The number of hydrogen-bond donors (Lipinski definition) is 1. The van der Waals surface area contributed by atoms with Crippen molar-refractivity contribution in [2.45, 2.75) is 12.8 Å². The number of aromatic nitrogens is 1. The summed E-state index contributed by atoms with van der Waals surface area (Å²) in [4.78, 5) is 30.7. The molecular weight excluding hydrogens is 354 g/mol. The molecule has 1 saturated heterocycles. The van der Waals surface area contributed by atoms with Crippen LogP contribution in [0, 0.1) is 0 Å². The molecule has 1 aromatic carbocycles. The average Bonchev–Trinajstić information content (AvgIpc) is 2.68. The van der Waals surface area contributed by atoms with Gasteiger partial charge in [0.25, 0.3) is 0 Å². The van der Waals surface area contributed by atoms with Crippen LogP contribution in [0.3, 0.4) is 0 Å². The number of amides is 1. The van der Waals surface area contributed by atoms with E-state index in [0.29, 0.717) is 29.5 Å². The van der Waals surface area contributed by atoms with Gasteiger partial charge in [-0.05, 0) is 36.4 Å². The number of carbonyl (C=O) groups is 2. The lowest BCUT2D eigenvalue weighted by atomic mass is 10.1. The predicted molar refractivity (Wildman–Crippen MR) is 101 cm³/mol. The smallest absolute Gasteiger partial charge is 0.224 e. The van der Waals surface area contributed by atoms with E-state index in [1.165, 1.54) is 0 Å². The quantitative estimate of drug-likeness (QED) is 0.787. The number of Topliss-reactive ketones (excluding diaryl/α,β-unsaturated/α-hetero) is 1. The van der Waals surface area contributed by atoms with Gasteiger partial charge in [-0.3, -0.25) is 9.59 Å². The van der Waals surface area contributed by atoms with E-state index in [9.17, 15) is 9.59 Å². The second kappa shape index (κ2) is 8.78. The molecule has 2 heterocycles. The van der Waals surface area contributed by atoms with E-state index in [1.807, 2.05) is 12.1 Å². The second-order valence-corrected chi connectivity index (χ2v) is 6.42. The molecule has 1 aliphatic rings. The normalized spacial score (nSPS) is 14.1. The van der Waals surface area contributed by atoms with Gasteiger partial charge < -0.3 is 15.0 Å². The Balaban J connectivity index is 1.48. The Bertz CT molecular complexity index is 757. The van der Waals surface area contributed by atoms with Gasteiger partial charge in [0, 0.05) is 36.5 Å². The molecule has 0 spiro atoms. The van der Waals surface area contributed by atoms with Crippen LogP contribution < -0.4 is 10.2 Å². The molecule has 7 heteroatoms. The van der Waals surface area contributed by atoms with Crippen LogP contribution in [0.5, 0.6) is 0 Å². The minimum absolute atomic E-state index is 0.0855. The maximum atomic E-state index is 12.1. The number of ether oxygens (including phenoxy) is 1. The van der Waals surface area contributed by atoms with Crippen LogP contribution in [0.2, 0.25) is 5.02 Å². The summed E-state index contributed by atoms with van der Waals surface area (Å²) in [5, 5.41) is 3.35. The first-order chi connectivity index (χ1) is 12.6. The van der Waals surface area contributed by atoms with Crippen LogP contribution in [-0.4, -0.2) is 43.0 Å². The zero-order valence-corrected chi connectivity index (χ0v) is 15.0. The lowest BCUT2D eigenvalue weighted by Crippen LogP contribution is -2.36. The van der Waals surface area contributed by atoms with Crippen molar-refractivity contribution in [2.75, 3.05) is 36.5 Å². The molecule has 1 aliphatic heterocycles. The molecule has 0 radical (unpaired) electrons. The average molecular weight is 374 g/mol. The summed E-state index contributed by atoms with van der Waals surface area (Å²) >= 11 is 5.80. The van der Waals surface area contributed by atoms with Crippen molar-refractivity contribution < 1.29 is 14.3 Å². The van der Waals surface area contributed by atoms with E-state index in [0.717, 1.165) is 18.9 Å². The van der Waals surface area contributed by atoms with Gasteiger partial charge in [-0.15, -0.1) is 0 Å². The van der Waals surface area contributed by atoms with Crippen LogP contribution in [0.1, 0.15) is 23.2 Å². The molecule has 0 saturated carbocycles. The highest BCUT2D eigenvalue weighted by atomic mass is 35.5. The highest BCUT2D eigenvalue weighted by Gasteiger charge is 2.13. The number of hydrogen-bond acceptors (Lipinski definition) is 5. The van der Waals surface area contributed by atoms with Crippen molar-refractivity contribution in [3.63, 3.8) is 0 Å². The van der Waals surface area contributed by atoms with Crippen LogP contribution >= 0.6 is 11.6 Å². The fraction of sp³-hybridized carbons (Fsp3) is 0.316. The van der Waals surface area contributed by atoms with E-state index in [1.54, 1.807) is 30.5 Å². The van der Waals surface area contributed by atoms with E-state index in [4.69, 9.17) is 16.3 Å². The van der Waals surface area contributed by atoms with E-state index < -0.39 is 0 Å². The highest BCUT2D eigenvalue weighted by Crippen LogP contribution is 2.16. The third-order valence-corrected chi connectivity index (χ3v) is 4.36. The first-order valence-corrected chi connectivity index (χ1v) is 8.87. The molecule has 0 unspecified atom stereocenters. The number of nitrogens with zero attached hydrogens (tertiary/aromatic N) is 2. The zero-order valence-electron chi connectivity index (χ0n) is 14.3. The van der Waals surface area contributed by atoms with Gasteiger partial charge in [0.1, 0.15) is 5.82 Å². The van der Waals surface area contributed by atoms with Gasteiger partial charge in [-0.2, -0.15) is 0 Å². The standard InChI is InChI=1S/C19H20ClN3O3/c20-15-3-1-14(2-4-15)17(24)6-8-19(25)22-16-5-7-18(21-13-16)23-9-11-26-12-10-23/h1-5,7,13H,6,8-12H2,(H,22,25). The maximum absolute atomic E-state index is 12.1. The first kappa shape index (κ1) is 18.4. The Morgan fingerprint density at radius 2 is 1.81 bits per heavy atom. The van der Waals surface area contributed by atoms with Crippen LogP contribution in [-0.2, 0) is 9.53 Å². The van der Waals surface area contributed by atoms with E-state index >= 15 is 0 Å². The summed E-state index contributed by atoms with van der Waals surface area (Å²) in [6.45, 7) is 3.01. The van der Waals surface area contributed by atoms with Crippen molar-refractivity contribution in [3.05, 3.63) is 53.2 Å². The van der Waals surface area contributed by atoms with Crippen molar-refractivity contribution in [2.24, 2.45) is 0 Å². The number of pyridine rings is 1. The molecule has 1 fully saturated rings. The Kier molecular flexibility index (Phi) is 6.20. The molecule has 2 aromatic rings. The molecule has 0 bridgehead atoms. The fourth-order valence-corrected chi connectivity index (χ4v) is 2.80.